The Hall–Kier alpha value is -3.03. The van der Waals surface area contributed by atoms with Crippen LogP contribution in [-0.2, 0) is 11.3 Å². The molecule has 0 aliphatic heterocycles. The highest BCUT2D eigenvalue weighted by Gasteiger charge is 2.22. The van der Waals surface area contributed by atoms with Gasteiger partial charge in [-0.25, -0.2) is 4.98 Å². The smallest absolute Gasteiger partial charge is 0.267 e. The standard InChI is InChI=1S/C21H17ClN2O4S/c1-26-16-8-9-18-19(11-16)29-21(23-18)24(12-17-3-2-10-27-17)20(25)13-28-15-6-4-14(22)5-7-15/h2-11H,12-13H2,1H3. The lowest BCUT2D eigenvalue weighted by Crippen LogP contribution is -2.34. The van der Waals surface area contributed by atoms with Crippen molar-refractivity contribution in [1.29, 1.82) is 0 Å². The summed E-state index contributed by atoms with van der Waals surface area (Å²) in [6.45, 7) is 0.119. The summed E-state index contributed by atoms with van der Waals surface area (Å²) in [5, 5.41) is 1.17. The Labute approximate surface area is 176 Å². The number of nitrogens with zero attached hydrogens (tertiary/aromatic N) is 2. The number of hydrogen-bond acceptors (Lipinski definition) is 6. The largest absolute Gasteiger partial charge is 0.497 e. The van der Waals surface area contributed by atoms with Gasteiger partial charge in [0.2, 0.25) is 0 Å². The summed E-state index contributed by atoms with van der Waals surface area (Å²) in [4.78, 5) is 19.2. The third kappa shape index (κ3) is 4.52. The van der Waals surface area contributed by atoms with Gasteiger partial charge in [0.15, 0.2) is 11.7 Å². The molecule has 0 atom stereocenters. The topological polar surface area (TPSA) is 64.8 Å². The molecule has 0 radical (unpaired) electrons. The van der Waals surface area contributed by atoms with Crippen LogP contribution in [0.5, 0.6) is 11.5 Å². The lowest BCUT2D eigenvalue weighted by Gasteiger charge is -2.19. The van der Waals surface area contributed by atoms with Crippen molar-refractivity contribution in [2.75, 3.05) is 18.6 Å². The number of anilines is 1. The zero-order chi connectivity index (χ0) is 20.2. The SMILES string of the molecule is COc1ccc2nc(N(Cc3ccco3)C(=O)COc3ccc(Cl)cc3)sc2c1. The van der Waals surface area contributed by atoms with Gasteiger partial charge in [0.25, 0.3) is 5.91 Å². The van der Waals surface area contributed by atoms with Gasteiger partial charge in [0.05, 0.1) is 30.1 Å². The van der Waals surface area contributed by atoms with Crippen molar-refractivity contribution in [3.05, 3.63) is 71.6 Å². The van der Waals surface area contributed by atoms with E-state index < -0.39 is 0 Å². The molecule has 0 spiro atoms. The molecule has 0 saturated carbocycles. The molecular weight excluding hydrogens is 412 g/mol. The van der Waals surface area contributed by atoms with Gasteiger partial charge in [-0.2, -0.15) is 0 Å². The van der Waals surface area contributed by atoms with Crippen molar-refractivity contribution >= 4 is 44.2 Å². The summed E-state index contributed by atoms with van der Waals surface area (Å²) in [7, 11) is 1.62. The summed E-state index contributed by atoms with van der Waals surface area (Å²) < 4.78 is 17.3. The highest BCUT2D eigenvalue weighted by molar-refractivity contribution is 7.22. The minimum atomic E-state index is -0.234. The van der Waals surface area contributed by atoms with Crippen LogP contribution in [0, 0.1) is 0 Å². The van der Waals surface area contributed by atoms with E-state index in [4.69, 9.17) is 25.5 Å². The summed E-state index contributed by atoms with van der Waals surface area (Å²) >= 11 is 7.30. The number of rotatable bonds is 7. The Morgan fingerprint density at radius 2 is 1.97 bits per heavy atom. The fourth-order valence-corrected chi connectivity index (χ4v) is 3.85. The highest BCUT2D eigenvalue weighted by Crippen LogP contribution is 2.32. The van der Waals surface area contributed by atoms with E-state index in [1.807, 2.05) is 24.3 Å². The first-order valence-corrected chi connectivity index (χ1v) is 9.97. The minimum Gasteiger partial charge on any atom is -0.497 e. The summed E-state index contributed by atoms with van der Waals surface area (Å²) in [6.07, 6.45) is 1.57. The van der Waals surface area contributed by atoms with Crippen LogP contribution in [0.15, 0.2) is 65.3 Å². The molecule has 148 valence electrons. The normalized spacial score (nSPS) is 10.8. The zero-order valence-corrected chi connectivity index (χ0v) is 17.1. The number of fused-ring (bicyclic) bond motifs is 1. The average molecular weight is 429 g/mol. The van der Waals surface area contributed by atoms with Gasteiger partial charge in [-0.1, -0.05) is 22.9 Å². The molecule has 2 heterocycles. The molecule has 0 unspecified atom stereocenters. The van der Waals surface area contributed by atoms with Gasteiger partial charge in [0, 0.05) is 5.02 Å². The molecule has 0 bridgehead atoms. The molecule has 1 amide bonds. The van der Waals surface area contributed by atoms with Crippen molar-refractivity contribution in [1.82, 2.24) is 4.98 Å². The van der Waals surface area contributed by atoms with Crippen LogP contribution in [-0.4, -0.2) is 24.6 Å². The predicted molar refractivity (Wildman–Crippen MR) is 113 cm³/mol. The number of carbonyl (C=O) groups excluding carboxylic acids is 1. The van der Waals surface area contributed by atoms with E-state index in [2.05, 4.69) is 4.98 Å². The number of furan rings is 1. The number of carbonyl (C=O) groups is 1. The summed E-state index contributed by atoms with van der Waals surface area (Å²) in [5.41, 5.74) is 0.793. The van der Waals surface area contributed by atoms with Gasteiger partial charge >= 0.3 is 0 Å². The second kappa shape index (κ2) is 8.55. The Kier molecular flexibility index (Phi) is 5.69. The predicted octanol–water partition coefficient (Wildman–Crippen LogP) is 5.16. The maximum Gasteiger partial charge on any atom is 0.267 e. The molecule has 29 heavy (non-hydrogen) atoms. The van der Waals surface area contributed by atoms with Crippen LogP contribution in [0.2, 0.25) is 5.02 Å². The number of thiazole rings is 1. The van der Waals surface area contributed by atoms with Crippen LogP contribution in [0.4, 0.5) is 5.13 Å². The van der Waals surface area contributed by atoms with E-state index in [9.17, 15) is 4.79 Å². The van der Waals surface area contributed by atoms with Crippen molar-refractivity contribution < 1.29 is 18.7 Å². The molecule has 0 fully saturated rings. The van der Waals surface area contributed by atoms with E-state index in [0.717, 1.165) is 16.0 Å². The molecule has 0 saturated heterocycles. The molecule has 6 nitrogen and oxygen atoms in total. The Morgan fingerprint density at radius 3 is 2.69 bits per heavy atom. The van der Waals surface area contributed by atoms with Gasteiger partial charge in [-0.05, 0) is 54.6 Å². The summed E-state index contributed by atoms with van der Waals surface area (Å²) in [6, 6.07) is 16.1. The second-order valence-electron chi connectivity index (χ2n) is 6.13. The first kappa shape index (κ1) is 19.3. The summed E-state index contributed by atoms with van der Waals surface area (Å²) in [5.74, 6) is 1.72. The Balaban J connectivity index is 1.58. The number of amides is 1. The van der Waals surface area contributed by atoms with Crippen LogP contribution >= 0.6 is 22.9 Å². The number of hydrogen-bond donors (Lipinski definition) is 0. The van der Waals surface area contributed by atoms with Crippen LogP contribution in [0.3, 0.4) is 0 Å². The number of methoxy groups -OCH3 is 1. The van der Waals surface area contributed by atoms with Crippen LogP contribution in [0.25, 0.3) is 10.2 Å². The minimum absolute atomic E-state index is 0.137. The first-order valence-electron chi connectivity index (χ1n) is 8.78. The second-order valence-corrected chi connectivity index (χ2v) is 7.58. The number of benzene rings is 2. The van der Waals surface area contributed by atoms with Crippen LogP contribution in [0.1, 0.15) is 5.76 Å². The van der Waals surface area contributed by atoms with E-state index in [0.29, 0.717) is 21.7 Å². The first-order chi connectivity index (χ1) is 14.1. The van der Waals surface area contributed by atoms with E-state index in [1.165, 1.54) is 11.3 Å². The zero-order valence-electron chi connectivity index (χ0n) is 15.5. The van der Waals surface area contributed by atoms with Crippen LogP contribution < -0.4 is 14.4 Å². The maximum absolute atomic E-state index is 13.0. The van der Waals surface area contributed by atoms with Gasteiger partial charge in [-0.3, -0.25) is 9.69 Å². The van der Waals surface area contributed by atoms with Crippen molar-refractivity contribution in [3.8, 4) is 11.5 Å². The van der Waals surface area contributed by atoms with E-state index in [-0.39, 0.29) is 19.1 Å². The molecule has 4 aromatic rings. The average Bonchev–Trinajstić information content (AvgIpc) is 3.40. The maximum atomic E-state index is 13.0. The van der Waals surface area contributed by atoms with E-state index in [1.54, 1.807) is 48.6 Å². The molecule has 2 aromatic carbocycles. The van der Waals surface area contributed by atoms with Gasteiger partial charge in [-0.15, -0.1) is 0 Å². The van der Waals surface area contributed by atoms with Crippen molar-refractivity contribution in [2.24, 2.45) is 0 Å². The van der Waals surface area contributed by atoms with E-state index >= 15 is 0 Å². The van der Waals surface area contributed by atoms with Crippen molar-refractivity contribution in [2.45, 2.75) is 6.54 Å². The molecule has 8 heteroatoms. The Bertz CT molecular complexity index is 1110. The highest BCUT2D eigenvalue weighted by atomic mass is 35.5. The number of ether oxygens (including phenoxy) is 2. The number of halogens is 1. The fraction of sp³-hybridized carbons (Fsp3) is 0.143. The molecule has 2 aromatic heterocycles. The molecule has 0 aliphatic rings. The monoisotopic (exact) mass is 428 g/mol. The lowest BCUT2D eigenvalue weighted by molar-refractivity contribution is -0.120. The number of aromatic nitrogens is 1. The lowest BCUT2D eigenvalue weighted by atomic mass is 10.3. The quantitative estimate of drug-likeness (QED) is 0.406. The molecule has 0 N–H and O–H groups in total. The van der Waals surface area contributed by atoms with Gasteiger partial charge < -0.3 is 13.9 Å². The third-order valence-corrected chi connectivity index (χ3v) is 5.48. The molecular formula is C21H17ClN2O4S. The van der Waals surface area contributed by atoms with Crippen molar-refractivity contribution in [3.63, 3.8) is 0 Å². The van der Waals surface area contributed by atoms with Gasteiger partial charge in [0.1, 0.15) is 17.3 Å². The Morgan fingerprint density at radius 1 is 1.17 bits per heavy atom. The molecule has 0 aliphatic carbocycles. The fourth-order valence-electron chi connectivity index (χ4n) is 2.71. The molecule has 4 rings (SSSR count). The third-order valence-electron chi connectivity index (χ3n) is 4.19.